The zero-order chi connectivity index (χ0) is 20.7. The van der Waals surface area contributed by atoms with Crippen LogP contribution >= 0.6 is 0 Å². The Labute approximate surface area is 165 Å². The number of amides is 1. The zero-order valence-electron chi connectivity index (χ0n) is 16.0. The molecular weight excluding hydrogens is 381 g/mol. The summed E-state index contributed by atoms with van der Waals surface area (Å²) in [5.74, 6) is -0.616. The fourth-order valence-electron chi connectivity index (χ4n) is 2.62. The van der Waals surface area contributed by atoms with Crippen LogP contribution in [0.2, 0.25) is 0 Å². The van der Waals surface area contributed by atoms with Crippen LogP contribution in [0.3, 0.4) is 0 Å². The predicted molar refractivity (Wildman–Crippen MR) is 108 cm³/mol. The third-order valence-corrected chi connectivity index (χ3v) is 5.64. The Morgan fingerprint density at radius 1 is 1.18 bits per heavy atom. The highest BCUT2D eigenvalue weighted by molar-refractivity contribution is 7.89. The molecule has 0 saturated heterocycles. The summed E-state index contributed by atoms with van der Waals surface area (Å²) in [6, 6.07) is 12.3. The average Bonchev–Trinajstić information content (AvgIpc) is 2.66. The molecule has 0 heterocycles. The molecule has 0 saturated carbocycles. The van der Waals surface area contributed by atoms with Crippen molar-refractivity contribution >= 4 is 22.0 Å². The lowest BCUT2D eigenvalue weighted by molar-refractivity contribution is -0.116. The number of nitrogens with zero attached hydrogens (tertiary/aromatic N) is 1. The number of benzene rings is 2. The van der Waals surface area contributed by atoms with Crippen molar-refractivity contribution in [2.75, 3.05) is 27.7 Å². The van der Waals surface area contributed by atoms with Gasteiger partial charge in [-0.15, -0.1) is 0 Å². The molecule has 2 aromatic carbocycles. The molecule has 1 unspecified atom stereocenters. The minimum absolute atomic E-state index is 0.153. The highest BCUT2D eigenvalue weighted by Gasteiger charge is 2.15. The van der Waals surface area contributed by atoms with Gasteiger partial charge in [0.1, 0.15) is 5.82 Å². The Bertz CT molecular complexity index is 941. The first-order chi connectivity index (χ1) is 13.2. The van der Waals surface area contributed by atoms with E-state index in [1.54, 1.807) is 24.3 Å². The van der Waals surface area contributed by atoms with Gasteiger partial charge in [0.2, 0.25) is 15.9 Å². The van der Waals surface area contributed by atoms with Crippen LogP contribution in [0.4, 0.5) is 4.39 Å². The highest BCUT2D eigenvalue weighted by atomic mass is 32.2. The second-order valence-electron chi connectivity index (χ2n) is 6.39. The lowest BCUT2D eigenvalue weighted by Gasteiger charge is -2.24. The maximum absolute atomic E-state index is 13.5. The lowest BCUT2D eigenvalue weighted by Crippen LogP contribution is -2.33. The number of hydrogen-bond acceptors (Lipinski definition) is 4. The van der Waals surface area contributed by atoms with Crippen LogP contribution in [0, 0.1) is 5.82 Å². The number of carbonyl (C=O) groups is 1. The van der Waals surface area contributed by atoms with E-state index in [-0.39, 0.29) is 22.7 Å². The van der Waals surface area contributed by atoms with Gasteiger partial charge in [-0.3, -0.25) is 4.79 Å². The molecule has 0 aliphatic heterocycles. The number of likely N-dealkylation sites (N-methyl/N-ethyl adjacent to an activating group) is 1. The first-order valence-electron chi connectivity index (χ1n) is 8.64. The molecule has 1 atom stereocenters. The number of hydrogen-bond donors (Lipinski definition) is 2. The van der Waals surface area contributed by atoms with Gasteiger partial charge in [-0.1, -0.05) is 24.3 Å². The van der Waals surface area contributed by atoms with Gasteiger partial charge in [-0.2, -0.15) is 0 Å². The van der Waals surface area contributed by atoms with Crippen LogP contribution in [0.25, 0.3) is 6.08 Å². The second kappa shape index (κ2) is 9.59. The van der Waals surface area contributed by atoms with Crippen molar-refractivity contribution in [1.82, 2.24) is 14.9 Å². The normalized spacial score (nSPS) is 13.0. The van der Waals surface area contributed by atoms with Crippen LogP contribution in [0.15, 0.2) is 59.5 Å². The first-order valence-corrected chi connectivity index (χ1v) is 10.1. The lowest BCUT2D eigenvalue weighted by atomic mass is 10.1. The Balaban J connectivity index is 1.99. The molecule has 0 spiro atoms. The molecule has 0 aromatic heterocycles. The second-order valence-corrected chi connectivity index (χ2v) is 8.28. The van der Waals surface area contributed by atoms with Crippen LogP contribution in [-0.4, -0.2) is 46.9 Å². The third-order valence-electron chi connectivity index (χ3n) is 4.21. The number of halogens is 1. The fraction of sp³-hybridized carbons (Fsp3) is 0.250. The summed E-state index contributed by atoms with van der Waals surface area (Å²) in [6.45, 7) is 0.318. The highest BCUT2D eigenvalue weighted by Crippen LogP contribution is 2.18. The van der Waals surface area contributed by atoms with E-state index < -0.39 is 10.0 Å². The van der Waals surface area contributed by atoms with Crippen molar-refractivity contribution in [2.45, 2.75) is 10.9 Å². The van der Waals surface area contributed by atoms with Crippen molar-refractivity contribution in [1.29, 1.82) is 0 Å². The van der Waals surface area contributed by atoms with Gasteiger partial charge in [-0.05, 0) is 62.6 Å². The quantitative estimate of drug-likeness (QED) is 0.660. The average molecular weight is 405 g/mol. The SMILES string of the molecule is CNS(=O)(=O)c1ccc(/C=C/C(=O)NCC(c2cccc(F)c2)N(C)C)cc1. The molecule has 0 aliphatic carbocycles. The molecule has 6 nitrogen and oxygen atoms in total. The van der Waals surface area contributed by atoms with Crippen LogP contribution in [-0.2, 0) is 14.8 Å². The first kappa shape index (κ1) is 21.7. The molecule has 28 heavy (non-hydrogen) atoms. The summed E-state index contributed by atoms with van der Waals surface area (Å²) < 4.78 is 39.1. The molecule has 2 N–H and O–H groups in total. The van der Waals surface area contributed by atoms with Crippen molar-refractivity contribution < 1.29 is 17.6 Å². The van der Waals surface area contributed by atoms with Crippen molar-refractivity contribution in [2.24, 2.45) is 0 Å². The Morgan fingerprint density at radius 2 is 1.86 bits per heavy atom. The molecule has 0 radical (unpaired) electrons. The van der Waals surface area contributed by atoms with E-state index in [4.69, 9.17) is 0 Å². The minimum atomic E-state index is -3.49. The summed E-state index contributed by atoms with van der Waals surface area (Å²) in [5, 5.41) is 2.80. The molecule has 8 heteroatoms. The van der Waals surface area contributed by atoms with Crippen molar-refractivity contribution in [3.05, 3.63) is 71.6 Å². The van der Waals surface area contributed by atoms with Gasteiger partial charge in [0.05, 0.1) is 10.9 Å². The summed E-state index contributed by atoms with van der Waals surface area (Å²) >= 11 is 0. The fourth-order valence-corrected chi connectivity index (χ4v) is 3.35. The largest absolute Gasteiger partial charge is 0.351 e. The van der Waals surface area contributed by atoms with E-state index in [1.807, 2.05) is 25.1 Å². The molecule has 0 aliphatic rings. The van der Waals surface area contributed by atoms with Gasteiger partial charge in [-0.25, -0.2) is 17.5 Å². The number of nitrogens with one attached hydrogen (secondary N) is 2. The molecular formula is C20H24FN3O3S. The number of sulfonamides is 1. The van der Waals surface area contributed by atoms with Gasteiger partial charge in [0, 0.05) is 12.6 Å². The summed E-state index contributed by atoms with van der Waals surface area (Å²) in [7, 11) is 1.58. The maximum atomic E-state index is 13.5. The molecule has 150 valence electrons. The third kappa shape index (κ3) is 5.98. The number of rotatable bonds is 8. The van der Waals surface area contributed by atoms with Crippen LogP contribution in [0.5, 0.6) is 0 Å². The van der Waals surface area contributed by atoms with E-state index in [1.165, 1.54) is 37.4 Å². The number of carbonyl (C=O) groups excluding carboxylic acids is 1. The topological polar surface area (TPSA) is 78.5 Å². The van der Waals surface area contributed by atoms with E-state index in [0.29, 0.717) is 12.1 Å². The van der Waals surface area contributed by atoms with Crippen molar-refractivity contribution in [3.63, 3.8) is 0 Å². The van der Waals surface area contributed by atoms with E-state index in [2.05, 4.69) is 10.0 Å². The Morgan fingerprint density at radius 3 is 2.43 bits per heavy atom. The molecule has 2 aromatic rings. The minimum Gasteiger partial charge on any atom is -0.351 e. The summed E-state index contributed by atoms with van der Waals surface area (Å²) in [5.41, 5.74) is 1.47. The Kier molecular flexibility index (Phi) is 7.45. The van der Waals surface area contributed by atoms with Crippen LogP contribution < -0.4 is 10.0 Å². The summed E-state index contributed by atoms with van der Waals surface area (Å²) in [6.07, 6.45) is 2.97. The predicted octanol–water partition coefficient (Wildman–Crippen LogP) is 2.17. The van der Waals surface area contributed by atoms with E-state index >= 15 is 0 Å². The van der Waals surface area contributed by atoms with E-state index in [9.17, 15) is 17.6 Å². The summed E-state index contributed by atoms with van der Waals surface area (Å²) in [4.78, 5) is 14.2. The zero-order valence-corrected chi connectivity index (χ0v) is 16.8. The van der Waals surface area contributed by atoms with Crippen molar-refractivity contribution in [3.8, 4) is 0 Å². The smallest absolute Gasteiger partial charge is 0.244 e. The maximum Gasteiger partial charge on any atom is 0.244 e. The standard InChI is InChI=1S/C20H24FN3O3S/c1-22-28(26,27)18-10-7-15(8-11-18)9-12-20(25)23-14-19(24(2)3)16-5-4-6-17(21)13-16/h4-13,19,22H,14H2,1-3H3,(H,23,25)/b12-9+. The van der Waals surface area contributed by atoms with Gasteiger partial charge in [0.15, 0.2) is 0 Å². The molecule has 0 fully saturated rings. The van der Waals surface area contributed by atoms with E-state index in [0.717, 1.165) is 5.56 Å². The Hall–Kier alpha value is -2.55. The molecule has 0 bridgehead atoms. The molecule has 2 rings (SSSR count). The van der Waals surface area contributed by atoms with Gasteiger partial charge < -0.3 is 10.2 Å². The van der Waals surface area contributed by atoms with Crippen LogP contribution in [0.1, 0.15) is 17.2 Å². The molecule has 1 amide bonds. The van der Waals surface area contributed by atoms with Gasteiger partial charge in [0.25, 0.3) is 0 Å². The monoisotopic (exact) mass is 405 g/mol. The van der Waals surface area contributed by atoms with Gasteiger partial charge >= 0.3 is 0 Å².